The fourth-order valence-electron chi connectivity index (χ4n) is 2.95. The van der Waals surface area contributed by atoms with Gasteiger partial charge in [-0.3, -0.25) is 15.4 Å². The topological polar surface area (TPSA) is 105 Å². The number of thiazole rings is 1. The van der Waals surface area contributed by atoms with Crippen LogP contribution in [0.2, 0.25) is 0 Å². The van der Waals surface area contributed by atoms with Crippen LogP contribution in [0.3, 0.4) is 0 Å². The molecule has 0 bridgehead atoms. The predicted octanol–water partition coefficient (Wildman–Crippen LogP) is 3.58. The van der Waals surface area contributed by atoms with Crippen LogP contribution in [-0.4, -0.2) is 39.2 Å². The molecule has 4 rings (SSSR count). The first-order chi connectivity index (χ1) is 15.6. The fraction of sp³-hybridized carbons (Fsp3) is 0.190. The Hall–Kier alpha value is -3.28. The van der Waals surface area contributed by atoms with Crippen LogP contribution >= 0.6 is 22.7 Å². The largest absolute Gasteiger partial charge is 0.373 e. The van der Waals surface area contributed by atoms with Gasteiger partial charge in [0.1, 0.15) is 16.6 Å². The quantitative estimate of drug-likeness (QED) is 0.344. The summed E-state index contributed by atoms with van der Waals surface area (Å²) in [6, 6.07) is 9.24. The summed E-state index contributed by atoms with van der Waals surface area (Å²) in [6.45, 7) is 0.438. The van der Waals surface area contributed by atoms with E-state index in [4.69, 9.17) is 0 Å². The average molecular weight is 470 g/mol. The fourth-order valence-corrected chi connectivity index (χ4v) is 4.25. The maximum Gasteiger partial charge on any atom is 0.243 e. The van der Waals surface area contributed by atoms with Crippen molar-refractivity contribution in [2.45, 2.75) is 19.0 Å². The molecular weight excluding hydrogens is 449 g/mol. The molecular formula is C21H20FN7OS2. The highest BCUT2D eigenvalue weighted by atomic mass is 32.1. The molecule has 0 saturated heterocycles. The predicted molar refractivity (Wildman–Crippen MR) is 124 cm³/mol. The van der Waals surface area contributed by atoms with E-state index in [1.807, 2.05) is 17.5 Å². The van der Waals surface area contributed by atoms with Gasteiger partial charge in [0.05, 0.1) is 17.2 Å². The lowest BCUT2D eigenvalue weighted by atomic mass is 10.1. The van der Waals surface area contributed by atoms with Gasteiger partial charge in [-0.15, -0.1) is 21.5 Å². The maximum atomic E-state index is 13.3. The van der Waals surface area contributed by atoms with Crippen LogP contribution in [0.4, 0.5) is 15.3 Å². The van der Waals surface area contributed by atoms with Crippen molar-refractivity contribution in [3.63, 3.8) is 0 Å². The van der Waals surface area contributed by atoms with Crippen molar-refractivity contribution in [1.29, 1.82) is 0 Å². The second-order valence-corrected chi connectivity index (χ2v) is 8.52. The molecule has 3 heterocycles. The number of halogens is 1. The Balaban J connectivity index is 1.47. The highest BCUT2D eigenvalue weighted by molar-refractivity contribution is 7.18. The molecule has 3 aromatic heterocycles. The maximum absolute atomic E-state index is 13.3. The minimum absolute atomic E-state index is 0.252. The first-order valence-electron chi connectivity index (χ1n) is 9.74. The summed E-state index contributed by atoms with van der Waals surface area (Å²) in [7, 11) is 1.79. The summed E-state index contributed by atoms with van der Waals surface area (Å²) in [5.41, 5.74) is 4.29. The molecule has 1 atom stereocenters. The van der Waals surface area contributed by atoms with Gasteiger partial charge in [0.25, 0.3) is 0 Å². The molecule has 164 valence electrons. The SMILES string of the molecule is CNc1cc(-c2nnc(NC(=O)[C@H](Cc3ccc(F)cc3)NCc3cscn3)s2)ccn1. The van der Waals surface area contributed by atoms with Crippen molar-refractivity contribution in [2.24, 2.45) is 0 Å². The van der Waals surface area contributed by atoms with Gasteiger partial charge >= 0.3 is 0 Å². The van der Waals surface area contributed by atoms with Gasteiger partial charge in [0.2, 0.25) is 11.0 Å². The second kappa shape index (κ2) is 10.4. The van der Waals surface area contributed by atoms with Crippen molar-refractivity contribution in [3.05, 3.63) is 70.6 Å². The van der Waals surface area contributed by atoms with Crippen LogP contribution in [0.15, 0.2) is 53.5 Å². The van der Waals surface area contributed by atoms with E-state index in [1.54, 1.807) is 30.9 Å². The zero-order chi connectivity index (χ0) is 22.3. The Morgan fingerprint density at radius 1 is 1.16 bits per heavy atom. The summed E-state index contributed by atoms with van der Waals surface area (Å²) in [4.78, 5) is 21.5. The Kier molecular flexibility index (Phi) is 7.10. The minimum atomic E-state index is -0.564. The van der Waals surface area contributed by atoms with Crippen LogP contribution < -0.4 is 16.0 Å². The molecule has 0 aliphatic heterocycles. The highest BCUT2D eigenvalue weighted by Crippen LogP contribution is 2.27. The van der Waals surface area contributed by atoms with Crippen LogP contribution in [0, 0.1) is 5.82 Å². The van der Waals surface area contributed by atoms with Crippen molar-refractivity contribution >= 4 is 39.5 Å². The Labute approximate surface area is 192 Å². The number of benzene rings is 1. The number of hydrogen-bond acceptors (Lipinski definition) is 9. The smallest absolute Gasteiger partial charge is 0.243 e. The van der Waals surface area contributed by atoms with Gasteiger partial charge in [-0.1, -0.05) is 23.5 Å². The molecule has 0 fully saturated rings. The van der Waals surface area contributed by atoms with E-state index in [9.17, 15) is 9.18 Å². The third-order valence-electron chi connectivity index (χ3n) is 4.60. The summed E-state index contributed by atoms with van der Waals surface area (Å²) >= 11 is 2.77. The van der Waals surface area contributed by atoms with E-state index in [2.05, 4.69) is 36.1 Å². The molecule has 0 saturated carbocycles. The number of anilines is 2. The molecule has 0 radical (unpaired) electrons. The van der Waals surface area contributed by atoms with Crippen molar-refractivity contribution < 1.29 is 9.18 Å². The number of nitrogens with zero attached hydrogens (tertiary/aromatic N) is 4. The van der Waals surface area contributed by atoms with Gasteiger partial charge < -0.3 is 5.32 Å². The first kappa shape index (κ1) is 21.9. The molecule has 3 N–H and O–H groups in total. The lowest BCUT2D eigenvalue weighted by Crippen LogP contribution is -2.41. The summed E-state index contributed by atoms with van der Waals surface area (Å²) < 4.78 is 13.3. The highest BCUT2D eigenvalue weighted by Gasteiger charge is 2.21. The molecule has 0 aliphatic rings. The van der Waals surface area contributed by atoms with Crippen LogP contribution in [-0.2, 0) is 17.8 Å². The van der Waals surface area contributed by atoms with Crippen LogP contribution in [0.25, 0.3) is 10.6 Å². The van der Waals surface area contributed by atoms with E-state index in [1.165, 1.54) is 34.8 Å². The monoisotopic (exact) mass is 469 g/mol. The van der Waals surface area contributed by atoms with Crippen molar-refractivity contribution in [2.75, 3.05) is 17.7 Å². The van der Waals surface area contributed by atoms with Gasteiger partial charge in [0.15, 0.2) is 0 Å². The zero-order valence-electron chi connectivity index (χ0n) is 17.1. The van der Waals surface area contributed by atoms with Crippen molar-refractivity contribution in [1.82, 2.24) is 25.5 Å². The zero-order valence-corrected chi connectivity index (χ0v) is 18.7. The number of nitrogens with one attached hydrogen (secondary N) is 3. The third-order valence-corrected chi connectivity index (χ3v) is 6.12. The van der Waals surface area contributed by atoms with E-state index < -0.39 is 6.04 Å². The number of rotatable bonds is 9. The standard InChI is InChI=1S/C21H20FN7OS2/c1-23-18-9-14(6-7-24-18)20-28-29-21(32-20)27-19(30)17(25-10-16-11-31-12-26-16)8-13-2-4-15(22)5-3-13/h2-7,9,11-12,17,25H,8,10H2,1H3,(H,23,24)(H,27,29,30)/t17-/m0/s1. The first-order valence-corrected chi connectivity index (χ1v) is 11.5. The number of amides is 1. The lowest BCUT2D eigenvalue weighted by Gasteiger charge is -2.17. The summed E-state index contributed by atoms with van der Waals surface area (Å²) in [6.07, 6.45) is 2.07. The van der Waals surface area contributed by atoms with Gasteiger partial charge in [0, 0.05) is 30.7 Å². The van der Waals surface area contributed by atoms with E-state index in [-0.39, 0.29) is 11.7 Å². The van der Waals surface area contributed by atoms with Crippen molar-refractivity contribution in [3.8, 4) is 10.6 Å². The molecule has 0 unspecified atom stereocenters. The Morgan fingerprint density at radius 2 is 2.00 bits per heavy atom. The Morgan fingerprint density at radius 3 is 2.75 bits per heavy atom. The molecule has 0 aliphatic carbocycles. The number of carbonyl (C=O) groups is 1. The van der Waals surface area contributed by atoms with Crippen LogP contribution in [0.5, 0.6) is 0 Å². The molecule has 32 heavy (non-hydrogen) atoms. The molecule has 0 spiro atoms. The molecule has 1 amide bonds. The van der Waals surface area contributed by atoms with Crippen LogP contribution in [0.1, 0.15) is 11.3 Å². The number of hydrogen-bond donors (Lipinski definition) is 3. The molecule has 4 aromatic rings. The second-order valence-electron chi connectivity index (χ2n) is 6.83. The Bertz CT molecular complexity index is 1170. The summed E-state index contributed by atoms with van der Waals surface area (Å²) in [5, 5.41) is 20.3. The van der Waals surface area contributed by atoms with Gasteiger partial charge in [-0.25, -0.2) is 14.4 Å². The number of pyridine rings is 1. The molecule has 11 heteroatoms. The normalized spacial score (nSPS) is 11.8. The van der Waals surface area contributed by atoms with E-state index >= 15 is 0 Å². The van der Waals surface area contributed by atoms with E-state index in [0.717, 1.165) is 16.8 Å². The molecule has 8 nitrogen and oxygen atoms in total. The van der Waals surface area contributed by atoms with Gasteiger partial charge in [-0.2, -0.15) is 0 Å². The summed E-state index contributed by atoms with van der Waals surface area (Å²) in [5.74, 6) is 0.149. The number of carbonyl (C=O) groups excluding carboxylic acids is 1. The average Bonchev–Trinajstić information content (AvgIpc) is 3.50. The van der Waals surface area contributed by atoms with E-state index in [0.29, 0.717) is 28.9 Å². The van der Waals surface area contributed by atoms with Gasteiger partial charge in [-0.05, 0) is 36.2 Å². The molecule has 1 aromatic carbocycles. The number of aromatic nitrogens is 4. The lowest BCUT2D eigenvalue weighted by molar-refractivity contribution is -0.118. The third kappa shape index (κ3) is 5.69. The minimum Gasteiger partial charge on any atom is -0.373 e.